The summed E-state index contributed by atoms with van der Waals surface area (Å²) in [6.07, 6.45) is -5.68. The van der Waals surface area contributed by atoms with Gasteiger partial charge in [0.05, 0.1) is 6.10 Å². The van der Waals surface area contributed by atoms with E-state index < -0.39 is 61.2 Å². The van der Waals surface area contributed by atoms with Gasteiger partial charge in [-0.15, -0.1) is 0 Å². The Morgan fingerprint density at radius 3 is 1.79 bits per heavy atom. The van der Waals surface area contributed by atoms with E-state index in [9.17, 15) is 19.2 Å². The van der Waals surface area contributed by atoms with Crippen molar-refractivity contribution in [2.75, 3.05) is 6.61 Å². The molecule has 5 atom stereocenters. The van der Waals surface area contributed by atoms with Crippen LogP contribution in [-0.4, -0.2) is 66.3 Å². The quantitative estimate of drug-likeness (QED) is 0.500. The molecule has 0 aromatic heterocycles. The lowest BCUT2D eigenvalue weighted by molar-refractivity contribution is -0.299. The second-order valence-electron chi connectivity index (χ2n) is 5.14. The molecule has 0 aromatic carbocycles. The highest BCUT2D eigenvalue weighted by Crippen LogP contribution is 2.29. The third-order valence-electron chi connectivity index (χ3n) is 3.00. The van der Waals surface area contributed by atoms with E-state index in [1.165, 1.54) is 6.92 Å². The number of carbonyl (C=O) groups excluding carboxylic acids is 3. The molecule has 10 heteroatoms. The molecular weight excluding hydrogens is 328 g/mol. The first kappa shape index (κ1) is 19.8. The molecule has 1 fully saturated rings. The summed E-state index contributed by atoms with van der Waals surface area (Å²) in [6.45, 7) is 4.19. The zero-order chi connectivity index (χ0) is 18.4. The monoisotopic (exact) mass is 348 g/mol. The highest BCUT2D eigenvalue weighted by Gasteiger charge is 2.51. The lowest BCUT2D eigenvalue weighted by atomic mass is 9.99. The van der Waals surface area contributed by atoms with Crippen LogP contribution in [0, 0.1) is 0 Å². The maximum absolute atomic E-state index is 11.4. The Labute approximate surface area is 137 Å². The number of carboxylic acid groups (broad SMARTS) is 1. The third kappa shape index (κ3) is 5.78. The SMILES string of the molecule is CC(=O)O[C@H]1[C@H](OC(C)=O)[C@H](OCC(=O)O)O[C@@H](C)[C@H]1OC(C)=O. The average Bonchev–Trinajstić information content (AvgIpc) is 2.42. The molecule has 10 nitrogen and oxygen atoms in total. The minimum Gasteiger partial charge on any atom is -0.480 e. The van der Waals surface area contributed by atoms with Crippen LogP contribution in [0.3, 0.4) is 0 Å². The number of carbonyl (C=O) groups is 4. The van der Waals surface area contributed by atoms with Gasteiger partial charge in [-0.2, -0.15) is 0 Å². The number of ether oxygens (including phenoxy) is 5. The van der Waals surface area contributed by atoms with Gasteiger partial charge in [-0.3, -0.25) is 14.4 Å². The second kappa shape index (κ2) is 8.60. The van der Waals surface area contributed by atoms with Gasteiger partial charge < -0.3 is 28.8 Å². The van der Waals surface area contributed by atoms with Crippen LogP contribution in [-0.2, 0) is 42.9 Å². The number of rotatable bonds is 6. The van der Waals surface area contributed by atoms with Crippen molar-refractivity contribution in [3.8, 4) is 0 Å². The zero-order valence-electron chi connectivity index (χ0n) is 13.7. The fourth-order valence-electron chi connectivity index (χ4n) is 2.26. The molecule has 136 valence electrons. The van der Waals surface area contributed by atoms with Gasteiger partial charge in [0, 0.05) is 20.8 Å². The van der Waals surface area contributed by atoms with Gasteiger partial charge in [-0.1, -0.05) is 0 Å². The summed E-state index contributed by atoms with van der Waals surface area (Å²) in [5.74, 6) is -3.36. The summed E-state index contributed by atoms with van der Waals surface area (Å²) in [5.41, 5.74) is 0. The van der Waals surface area contributed by atoms with Crippen molar-refractivity contribution < 1.29 is 48.0 Å². The predicted octanol–water partition coefficient (Wildman–Crippen LogP) is -0.372. The standard InChI is InChI=1S/C14H20O10/c1-6-11(22-7(2)15)12(23-8(3)16)13(24-9(4)17)14(21-6)20-5-10(18)19/h6,11-14H,5H2,1-4H3,(H,18,19)/t6-,11+,12+,13-,14+/m0/s1. The molecule has 0 unspecified atom stereocenters. The summed E-state index contributed by atoms with van der Waals surface area (Å²) >= 11 is 0. The predicted molar refractivity (Wildman–Crippen MR) is 74.6 cm³/mol. The molecule has 1 saturated heterocycles. The topological polar surface area (TPSA) is 135 Å². The van der Waals surface area contributed by atoms with Gasteiger partial charge >= 0.3 is 23.9 Å². The van der Waals surface area contributed by atoms with Crippen LogP contribution < -0.4 is 0 Å². The molecule has 0 aromatic rings. The Morgan fingerprint density at radius 1 is 0.875 bits per heavy atom. The number of hydrogen-bond acceptors (Lipinski definition) is 9. The summed E-state index contributed by atoms with van der Waals surface area (Å²) in [4.78, 5) is 44.7. The highest BCUT2D eigenvalue weighted by atomic mass is 16.7. The van der Waals surface area contributed by atoms with Crippen molar-refractivity contribution in [2.24, 2.45) is 0 Å². The van der Waals surface area contributed by atoms with Gasteiger partial charge in [0.2, 0.25) is 0 Å². The summed E-state index contributed by atoms with van der Waals surface area (Å²) in [6, 6.07) is 0. The zero-order valence-corrected chi connectivity index (χ0v) is 13.7. The van der Waals surface area contributed by atoms with Crippen LogP contribution >= 0.6 is 0 Å². The molecule has 1 aliphatic heterocycles. The molecule has 1 aliphatic rings. The Hall–Kier alpha value is -2.20. The van der Waals surface area contributed by atoms with Crippen molar-refractivity contribution in [1.82, 2.24) is 0 Å². The Balaban J connectivity index is 3.11. The Bertz CT molecular complexity index is 502. The number of carboxylic acids is 1. The number of aliphatic carboxylic acids is 1. The van der Waals surface area contributed by atoms with Crippen molar-refractivity contribution >= 4 is 23.9 Å². The highest BCUT2D eigenvalue weighted by molar-refractivity contribution is 5.69. The fourth-order valence-corrected chi connectivity index (χ4v) is 2.26. The van der Waals surface area contributed by atoms with E-state index in [0.717, 1.165) is 20.8 Å². The largest absolute Gasteiger partial charge is 0.480 e. The summed E-state index contributed by atoms with van der Waals surface area (Å²) in [7, 11) is 0. The van der Waals surface area contributed by atoms with Crippen molar-refractivity contribution in [3.05, 3.63) is 0 Å². The molecule has 0 spiro atoms. The van der Waals surface area contributed by atoms with Crippen LogP contribution in [0.15, 0.2) is 0 Å². The molecule has 0 radical (unpaired) electrons. The fraction of sp³-hybridized carbons (Fsp3) is 0.714. The minimum absolute atomic E-state index is 0.654. The number of esters is 3. The first-order valence-electron chi connectivity index (χ1n) is 7.12. The molecule has 24 heavy (non-hydrogen) atoms. The molecule has 1 N–H and O–H groups in total. The smallest absolute Gasteiger partial charge is 0.329 e. The van der Waals surface area contributed by atoms with E-state index >= 15 is 0 Å². The van der Waals surface area contributed by atoms with Crippen LogP contribution in [0.25, 0.3) is 0 Å². The third-order valence-corrected chi connectivity index (χ3v) is 3.00. The molecule has 0 amide bonds. The van der Waals surface area contributed by atoms with Gasteiger partial charge in [0.25, 0.3) is 0 Å². The minimum atomic E-state index is -1.31. The van der Waals surface area contributed by atoms with E-state index in [-0.39, 0.29) is 0 Å². The van der Waals surface area contributed by atoms with E-state index in [1.807, 2.05) is 0 Å². The number of hydrogen-bond donors (Lipinski definition) is 1. The van der Waals surface area contributed by atoms with Crippen LogP contribution in [0.1, 0.15) is 27.7 Å². The van der Waals surface area contributed by atoms with Crippen molar-refractivity contribution in [2.45, 2.75) is 58.4 Å². The molecule has 1 heterocycles. The molecule has 0 aliphatic carbocycles. The van der Waals surface area contributed by atoms with Gasteiger partial charge in [-0.05, 0) is 6.92 Å². The van der Waals surface area contributed by atoms with Crippen LogP contribution in [0.4, 0.5) is 0 Å². The second-order valence-corrected chi connectivity index (χ2v) is 5.14. The first-order valence-corrected chi connectivity index (χ1v) is 7.12. The molecule has 0 saturated carbocycles. The summed E-state index contributed by atoms with van der Waals surface area (Å²) in [5, 5.41) is 8.72. The lowest BCUT2D eigenvalue weighted by Gasteiger charge is -2.43. The normalized spacial score (nSPS) is 29.4. The first-order chi connectivity index (χ1) is 11.1. The summed E-state index contributed by atoms with van der Waals surface area (Å²) < 4.78 is 25.8. The van der Waals surface area contributed by atoms with Gasteiger partial charge in [0.15, 0.2) is 24.6 Å². The lowest BCUT2D eigenvalue weighted by Crippen LogP contribution is -2.61. The molecule has 0 bridgehead atoms. The Kier molecular flexibility index (Phi) is 7.11. The van der Waals surface area contributed by atoms with E-state index in [2.05, 4.69) is 0 Å². The van der Waals surface area contributed by atoms with E-state index in [0.29, 0.717) is 0 Å². The molecular formula is C14H20O10. The van der Waals surface area contributed by atoms with E-state index in [4.69, 9.17) is 28.8 Å². The van der Waals surface area contributed by atoms with Crippen molar-refractivity contribution in [1.29, 1.82) is 0 Å². The van der Waals surface area contributed by atoms with Crippen LogP contribution in [0.5, 0.6) is 0 Å². The Morgan fingerprint density at radius 2 is 1.33 bits per heavy atom. The maximum Gasteiger partial charge on any atom is 0.329 e. The average molecular weight is 348 g/mol. The molecule has 1 rings (SSSR count). The van der Waals surface area contributed by atoms with Gasteiger partial charge in [0.1, 0.15) is 6.61 Å². The van der Waals surface area contributed by atoms with E-state index in [1.54, 1.807) is 0 Å². The van der Waals surface area contributed by atoms with Gasteiger partial charge in [-0.25, -0.2) is 4.79 Å². The van der Waals surface area contributed by atoms with Crippen molar-refractivity contribution in [3.63, 3.8) is 0 Å². The van der Waals surface area contributed by atoms with Crippen LogP contribution in [0.2, 0.25) is 0 Å². The maximum atomic E-state index is 11.4.